The van der Waals surface area contributed by atoms with Gasteiger partial charge >= 0.3 is 0 Å². The van der Waals surface area contributed by atoms with E-state index in [2.05, 4.69) is 20.4 Å². The molecule has 1 aromatic heterocycles. The first-order valence-electron chi connectivity index (χ1n) is 8.53. The Morgan fingerprint density at radius 1 is 1.19 bits per heavy atom. The van der Waals surface area contributed by atoms with Gasteiger partial charge in [0.25, 0.3) is 0 Å². The van der Waals surface area contributed by atoms with E-state index in [1.807, 2.05) is 43.3 Å². The Balaban J connectivity index is 2.41. The van der Waals surface area contributed by atoms with E-state index in [9.17, 15) is 5.11 Å². The Kier molecular flexibility index (Phi) is 5.27. The molecule has 2 aromatic carbocycles. The van der Waals surface area contributed by atoms with Crippen molar-refractivity contribution in [1.29, 1.82) is 0 Å². The molecule has 0 spiro atoms. The lowest BCUT2D eigenvalue weighted by atomic mass is 9.90. The maximum atomic E-state index is 10.4. The molecule has 0 unspecified atom stereocenters. The number of aliphatic hydroxyl groups excluding tert-OH is 1. The number of pyridine rings is 1. The normalized spacial score (nSPS) is 11.3. The summed E-state index contributed by atoms with van der Waals surface area (Å²) in [6.45, 7) is 9.91. The first kappa shape index (κ1) is 18.8. The molecule has 3 aromatic rings. The minimum atomic E-state index is 0.0165. The van der Waals surface area contributed by atoms with Crippen LogP contribution < -0.4 is 0 Å². The minimum absolute atomic E-state index is 0.0165. The quantitative estimate of drug-likeness (QED) is 0.486. The maximum absolute atomic E-state index is 10.4. The summed E-state index contributed by atoms with van der Waals surface area (Å²) in [4.78, 5) is 4.85. The summed E-state index contributed by atoms with van der Waals surface area (Å²) in [5.74, 6) is 0.154. The second kappa shape index (κ2) is 7.30. The fourth-order valence-electron chi connectivity index (χ4n) is 3.34. The van der Waals surface area contributed by atoms with Crippen LogP contribution in [0.2, 0.25) is 10.0 Å². The van der Waals surface area contributed by atoms with Crippen molar-refractivity contribution in [3.63, 3.8) is 0 Å². The van der Waals surface area contributed by atoms with E-state index < -0.39 is 0 Å². The minimum Gasteiger partial charge on any atom is -0.508 e. The average molecular weight is 386 g/mol. The summed E-state index contributed by atoms with van der Waals surface area (Å²) in [5.41, 5.74) is 5.35. The number of aryl methyl sites for hydroxylation is 1. The standard InChI is InChI=1S/C22H21Cl2NO/c1-12(2)21-20(14(4)26)17(10-15-7-5-6-8-19(15)24)18-11-16(23)9-13(3)22(18)25-21/h5-9,11-12,26H,4,10H2,1-3H3. The van der Waals surface area contributed by atoms with Gasteiger partial charge in [0.15, 0.2) is 0 Å². The van der Waals surface area contributed by atoms with Crippen molar-refractivity contribution in [2.75, 3.05) is 0 Å². The van der Waals surface area contributed by atoms with Gasteiger partial charge in [0.05, 0.1) is 11.2 Å². The molecule has 4 heteroatoms. The van der Waals surface area contributed by atoms with Gasteiger partial charge in [-0.15, -0.1) is 0 Å². The molecule has 0 atom stereocenters. The molecule has 134 valence electrons. The van der Waals surface area contributed by atoms with Crippen LogP contribution in [-0.2, 0) is 6.42 Å². The summed E-state index contributed by atoms with van der Waals surface area (Å²) in [6.07, 6.45) is 0.563. The topological polar surface area (TPSA) is 33.1 Å². The second-order valence-corrected chi connectivity index (χ2v) is 7.68. The van der Waals surface area contributed by atoms with E-state index in [1.54, 1.807) is 0 Å². The van der Waals surface area contributed by atoms with Gasteiger partial charge in [-0.2, -0.15) is 0 Å². The molecule has 3 rings (SSSR count). The van der Waals surface area contributed by atoms with Crippen LogP contribution in [0.3, 0.4) is 0 Å². The molecule has 0 aliphatic carbocycles. The molecule has 2 nitrogen and oxygen atoms in total. The van der Waals surface area contributed by atoms with E-state index in [1.165, 1.54) is 0 Å². The molecule has 0 fully saturated rings. The van der Waals surface area contributed by atoms with Crippen LogP contribution in [0.1, 0.15) is 47.7 Å². The van der Waals surface area contributed by atoms with Crippen molar-refractivity contribution in [1.82, 2.24) is 4.98 Å². The van der Waals surface area contributed by atoms with Crippen molar-refractivity contribution in [2.24, 2.45) is 0 Å². The fraction of sp³-hybridized carbons (Fsp3) is 0.227. The van der Waals surface area contributed by atoms with Crippen molar-refractivity contribution in [3.8, 4) is 0 Å². The molecule has 26 heavy (non-hydrogen) atoms. The molecular weight excluding hydrogens is 365 g/mol. The van der Waals surface area contributed by atoms with Crippen molar-refractivity contribution >= 4 is 39.9 Å². The number of aromatic nitrogens is 1. The Hall–Kier alpha value is -2.03. The predicted octanol–water partition coefficient (Wildman–Crippen LogP) is 7.09. The summed E-state index contributed by atoms with van der Waals surface area (Å²) in [7, 11) is 0. The molecule has 0 aliphatic rings. The van der Waals surface area contributed by atoms with Gasteiger partial charge in [0.1, 0.15) is 5.76 Å². The number of halogens is 2. The van der Waals surface area contributed by atoms with Crippen LogP contribution in [0.4, 0.5) is 0 Å². The van der Waals surface area contributed by atoms with E-state index in [0.29, 0.717) is 22.0 Å². The summed E-state index contributed by atoms with van der Waals surface area (Å²) >= 11 is 12.7. The van der Waals surface area contributed by atoms with Gasteiger partial charge in [-0.05, 0) is 47.7 Å². The van der Waals surface area contributed by atoms with Crippen LogP contribution in [0.5, 0.6) is 0 Å². The molecule has 0 bridgehead atoms. The summed E-state index contributed by atoms with van der Waals surface area (Å²) in [6, 6.07) is 11.5. The largest absolute Gasteiger partial charge is 0.508 e. The van der Waals surface area contributed by atoms with Crippen molar-refractivity contribution < 1.29 is 5.11 Å². The monoisotopic (exact) mass is 385 g/mol. The molecule has 0 saturated heterocycles. The number of nitrogens with zero attached hydrogens (tertiary/aromatic N) is 1. The smallest absolute Gasteiger partial charge is 0.117 e. The predicted molar refractivity (Wildman–Crippen MR) is 111 cm³/mol. The Morgan fingerprint density at radius 2 is 1.88 bits per heavy atom. The number of hydrogen-bond donors (Lipinski definition) is 1. The number of aliphatic hydroxyl groups is 1. The van der Waals surface area contributed by atoms with Gasteiger partial charge in [-0.3, -0.25) is 4.98 Å². The maximum Gasteiger partial charge on any atom is 0.117 e. The second-order valence-electron chi connectivity index (χ2n) is 6.84. The number of hydrogen-bond acceptors (Lipinski definition) is 2. The highest BCUT2D eigenvalue weighted by molar-refractivity contribution is 6.32. The fourth-order valence-corrected chi connectivity index (χ4v) is 3.81. The molecule has 1 heterocycles. The highest BCUT2D eigenvalue weighted by atomic mass is 35.5. The molecule has 0 aliphatic heterocycles. The third-order valence-corrected chi connectivity index (χ3v) is 5.13. The van der Waals surface area contributed by atoms with Crippen LogP contribution in [0.15, 0.2) is 43.0 Å². The molecule has 0 radical (unpaired) electrons. The highest BCUT2D eigenvalue weighted by Gasteiger charge is 2.21. The van der Waals surface area contributed by atoms with E-state index in [0.717, 1.165) is 33.3 Å². The SMILES string of the molecule is C=C(O)c1c(C(C)C)nc2c(C)cc(Cl)cc2c1Cc1ccccc1Cl. The first-order chi connectivity index (χ1) is 12.3. The van der Waals surface area contributed by atoms with E-state index >= 15 is 0 Å². The average Bonchev–Trinajstić information content (AvgIpc) is 2.56. The van der Waals surface area contributed by atoms with Gasteiger partial charge in [0.2, 0.25) is 0 Å². The number of fused-ring (bicyclic) bond motifs is 1. The Morgan fingerprint density at radius 3 is 2.50 bits per heavy atom. The van der Waals surface area contributed by atoms with Crippen molar-refractivity contribution in [2.45, 2.75) is 33.1 Å². The summed E-state index contributed by atoms with van der Waals surface area (Å²) in [5, 5.41) is 12.6. The number of benzene rings is 2. The van der Waals surface area contributed by atoms with Gasteiger partial charge in [-0.1, -0.05) is 61.8 Å². The molecule has 0 saturated carbocycles. The number of rotatable bonds is 4. The van der Waals surface area contributed by atoms with Gasteiger partial charge in [0, 0.05) is 27.4 Å². The zero-order chi connectivity index (χ0) is 19.0. The lowest BCUT2D eigenvalue weighted by molar-refractivity contribution is 0.510. The first-order valence-corrected chi connectivity index (χ1v) is 9.29. The molecular formula is C22H21Cl2NO. The lowest BCUT2D eigenvalue weighted by Crippen LogP contribution is -2.07. The lowest BCUT2D eigenvalue weighted by Gasteiger charge is -2.20. The summed E-state index contributed by atoms with van der Waals surface area (Å²) < 4.78 is 0. The third kappa shape index (κ3) is 3.44. The molecule has 0 amide bonds. The van der Waals surface area contributed by atoms with Gasteiger partial charge in [-0.25, -0.2) is 0 Å². The van der Waals surface area contributed by atoms with Crippen molar-refractivity contribution in [3.05, 3.63) is 81.0 Å². The Bertz CT molecular complexity index is 1010. The van der Waals surface area contributed by atoms with Crippen LogP contribution >= 0.6 is 23.2 Å². The zero-order valence-corrected chi connectivity index (χ0v) is 16.6. The molecule has 1 N–H and O–H groups in total. The highest BCUT2D eigenvalue weighted by Crippen LogP contribution is 2.36. The zero-order valence-electron chi connectivity index (χ0n) is 15.1. The Labute approximate surface area is 164 Å². The van der Waals surface area contributed by atoms with E-state index in [-0.39, 0.29) is 11.7 Å². The van der Waals surface area contributed by atoms with Crippen LogP contribution in [0.25, 0.3) is 16.7 Å². The van der Waals surface area contributed by atoms with Crippen LogP contribution in [-0.4, -0.2) is 10.1 Å². The van der Waals surface area contributed by atoms with E-state index in [4.69, 9.17) is 28.2 Å². The van der Waals surface area contributed by atoms with Crippen LogP contribution in [0, 0.1) is 6.92 Å². The van der Waals surface area contributed by atoms with Gasteiger partial charge < -0.3 is 5.11 Å². The third-order valence-electron chi connectivity index (χ3n) is 4.54.